The highest BCUT2D eigenvalue weighted by atomic mass is 16.5. The van der Waals surface area contributed by atoms with Crippen LogP contribution >= 0.6 is 0 Å². The normalized spacial score (nSPS) is 12.6. The van der Waals surface area contributed by atoms with E-state index in [-0.39, 0.29) is 18.5 Å². The van der Waals surface area contributed by atoms with Gasteiger partial charge < -0.3 is 20.3 Å². The van der Waals surface area contributed by atoms with E-state index in [1.54, 1.807) is 6.08 Å². The Morgan fingerprint density at radius 2 is 0.595 bits per heavy atom. The minimum absolute atomic E-state index is 0.00899. The van der Waals surface area contributed by atoms with E-state index in [0.29, 0.717) is 19.4 Å². The molecule has 0 aliphatic rings. The summed E-state index contributed by atoms with van der Waals surface area (Å²) in [5, 5.41) is 23.3. The Morgan fingerprint density at radius 1 is 0.342 bits per heavy atom. The number of hydrogen-bond donors (Lipinski definition) is 3. The minimum Gasteiger partial charge on any atom is -0.466 e. The summed E-state index contributed by atoms with van der Waals surface area (Å²) in [5.74, 6) is -0.0514. The number of unbranched alkanes of at least 4 members (excludes halogenated alkanes) is 55. The topological polar surface area (TPSA) is 95.9 Å². The smallest absolute Gasteiger partial charge is 0.305 e. The first-order valence-electron chi connectivity index (χ1n) is 36.1. The van der Waals surface area contributed by atoms with Crippen molar-refractivity contribution in [1.82, 2.24) is 5.32 Å². The number of ether oxygens (including phenoxy) is 1. The molecule has 2 unspecified atom stereocenters. The van der Waals surface area contributed by atoms with E-state index in [1.807, 2.05) is 6.08 Å². The maximum absolute atomic E-state index is 12.5. The molecule has 0 heterocycles. The quantitative estimate of drug-likeness (QED) is 0.0320. The molecular formula is C73H141NO5. The molecule has 0 aromatic heterocycles. The van der Waals surface area contributed by atoms with Crippen molar-refractivity contribution < 1.29 is 24.5 Å². The van der Waals surface area contributed by atoms with Crippen LogP contribution in [-0.4, -0.2) is 47.4 Å². The summed E-state index contributed by atoms with van der Waals surface area (Å²) in [6.07, 6.45) is 87.0. The Labute approximate surface area is 494 Å². The van der Waals surface area contributed by atoms with Crippen LogP contribution in [-0.2, 0) is 14.3 Å². The predicted octanol–water partition coefficient (Wildman–Crippen LogP) is 23.3. The van der Waals surface area contributed by atoms with Crippen LogP contribution in [0.25, 0.3) is 0 Å². The van der Waals surface area contributed by atoms with E-state index in [1.165, 1.54) is 334 Å². The number of carbonyl (C=O) groups excluding carboxylic acids is 2. The van der Waals surface area contributed by atoms with Gasteiger partial charge in [0.15, 0.2) is 0 Å². The minimum atomic E-state index is -0.843. The van der Waals surface area contributed by atoms with Crippen LogP contribution in [0.2, 0.25) is 0 Å². The third-order valence-corrected chi connectivity index (χ3v) is 17.0. The third-order valence-electron chi connectivity index (χ3n) is 17.0. The van der Waals surface area contributed by atoms with Gasteiger partial charge in [0.05, 0.1) is 25.4 Å². The summed E-state index contributed by atoms with van der Waals surface area (Å²) in [7, 11) is 0. The van der Waals surface area contributed by atoms with Gasteiger partial charge in [-0.2, -0.15) is 0 Å². The van der Waals surface area contributed by atoms with Gasteiger partial charge in [-0.25, -0.2) is 0 Å². The molecule has 3 N–H and O–H groups in total. The predicted molar refractivity (Wildman–Crippen MR) is 347 cm³/mol. The highest BCUT2D eigenvalue weighted by molar-refractivity contribution is 5.76. The van der Waals surface area contributed by atoms with Gasteiger partial charge in [-0.3, -0.25) is 9.59 Å². The number of amides is 1. The van der Waals surface area contributed by atoms with Gasteiger partial charge in [-0.05, 0) is 57.8 Å². The van der Waals surface area contributed by atoms with Gasteiger partial charge in [0, 0.05) is 12.8 Å². The second-order valence-corrected chi connectivity index (χ2v) is 24.9. The Morgan fingerprint density at radius 3 is 0.924 bits per heavy atom. The molecule has 0 aromatic carbocycles. The Hall–Kier alpha value is -1.66. The van der Waals surface area contributed by atoms with Gasteiger partial charge in [0.2, 0.25) is 5.91 Å². The second kappa shape index (κ2) is 68.8. The average Bonchev–Trinajstić information content (AvgIpc) is 3.45. The summed E-state index contributed by atoms with van der Waals surface area (Å²) >= 11 is 0. The molecule has 0 fully saturated rings. The van der Waals surface area contributed by atoms with E-state index >= 15 is 0 Å². The zero-order valence-electron chi connectivity index (χ0n) is 53.6. The van der Waals surface area contributed by atoms with Crippen molar-refractivity contribution >= 4 is 11.9 Å². The third kappa shape index (κ3) is 65.4. The van der Waals surface area contributed by atoms with E-state index in [4.69, 9.17) is 4.74 Å². The molecule has 0 bridgehead atoms. The summed E-state index contributed by atoms with van der Waals surface area (Å²) in [4.78, 5) is 24.6. The molecule has 1 amide bonds. The van der Waals surface area contributed by atoms with Crippen molar-refractivity contribution in [1.29, 1.82) is 0 Å². The van der Waals surface area contributed by atoms with Crippen molar-refractivity contribution in [3.05, 3.63) is 24.3 Å². The maximum Gasteiger partial charge on any atom is 0.305 e. The molecule has 6 nitrogen and oxygen atoms in total. The van der Waals surface area contributed by atoms with Gasteiger partial charge in [0.1, 0.15) is 0 Å². The fraction of sp³-hybridized carbons (Fsp3) is 0.918. The number of carbonyl (C=O) groups is 2. The molecule has 0 aliphatic carbocycles. The molecule has 0 rings (SSSR count). The van der Waals surface area contributed by atoms with Crippen molar-refractivity contribution in [3.63, 3.8) is 0 Å². The number of hydrogen-bond acceptors (Lipinski definition) is 5. The number of rotatable bonds is 68. The van der Waals surface area contributed by atoms with Crippen LogP contribution < -0.4 is 5.32 Å². The molecule has 6 heteroatoms. The lowest BCUT2D eigenvalue weighted by Crippen LogP contribution is -2.45. The Kier molecular flexibility index (Phi) is 67.4. The monoisotopic (exact) mass is 1110 g/mol. The lowest BCUT2D eigenvalue weighted by molar-refractivity contribution is -0.143. The van der Waals surface area contributed by atoms with Crippen molar-refractivity contribution in [2.45, 2.75) is 418 Å². The number of esters is 1. The average molecular weight is 1110 g/mol. The SMILES string of the molecule is CCCCC/C=C\CCCCCCCC(=O)OCCCCCCCCCCCCCCCCCCCCCCCCCCCCCCC(=O)NC(CO)C(O)/C=C/CCCCCCCCCCCCCCCCCCCCCC. The molecule has 0 aliphatic heterocycles. The number of aliphatic hydroxyl groups is 2. The van der Waals surface area contributed by atoms with Gasteiger partial charge in [-0.15, -0.1) is 0 Å². The first-order valence-corrected chi connectivity index (χ1v) is 36.1. The van der Waals surface area contributed by atoms with Crippen LogP contribution in [0.4, 0.5) is 0 Å². The molecule has 0 spiro atoms. The standard InChI is InChI=1S/C73H141NO5/c1-3-5-7-9-11-13-15-17-18-19-20-21-30-33-36-39-42-45-49-53-57-61-65-71(76)70(69-75)74-72(77)66-62-58-54-50-46-43-40-37-34-31-28-26-24-22-23-25-27-29-32-35-38-41-44-48-52-56-60-64-68-79-73(78)67-63-59-55-51-47-16-14-12-10-8-6-4-2/h12,14,61,65,70-71,75-76H,3-11,13,15-60,62-64,66-69H2,1-2H3,(H,74,77)/b14-12-,65-61+. The Balaban J connectivity index is 3.38. The number of allylic oxidation sites excluding steroid dienone is 3. The second-order valence-electron chi connectivity index (χ2n) is 24.9. The molecule has 0 saturated carbocycles. The van der Waals surface area contributed by atoms with E-state index in [9.17, 15) is 19.8 Å². The first kappa shape index (κ1) is 77.3. The van der Waals surface area contributed by atoms with Gasteiger partial charge >= 0.3 is 5.97 Å². The molecule has 0 aromatic rings. The lowest BCUT2D eigenvalue weighted by Gasteiger charge is -2.20. The van der Waals surface area contributed by atoms with E-state index in [2.05, 4.69) is 31.3 Å². The maximum atomic E-state index is 12.5. The van der Waals surface area contributed by atoms with Crippen LogP contribution in [0.15, 0.2) is 24.3 Å². The zero-order valence-corrected chi connectivity index (χ0v) is 53.6. The molecule has 0 radical (unpaired) electrons. The summed E-state index contributed by atoms with van der Waals surface area (Å²) in [5.41, 5.74) is 0. The van der Waals surface area contributed by atoms with Crippen LogP contribution in [0.3, 0.4) is 0 Å². The summed E-state index contributed by atoms with van der Waals surface area (Å²) in [6, 6.07) is -0.626. The van der Waals surface area contributed by atoms with Crippen molar-refractivity contribution in [2.75, 3.05) is 13.2 Å². The van der Waals surface area contributed by atoms with Crippen LogP contribution in [0.1, 0.15) is 406 Å². The van der Waals surface area contributed by atoms with Crippen molar-refractivity contribution in [2.24, 2.45) is 0 Å². The zero-order chi connectivity index (χ0) is 57.1. The molecular weight excluding hydrogens is 971 g/mol. The highest BCUT2D eigenvalue weighted by Gasteiger charge is 2.18. The number of nitrogens with one attached hydrogen (secondary N) is 1. The molecule has 2 atom stereocenters. The fourth-order valence-electron chi connectivity index (χ4n) is 11.5. The summed E-state index contributed by atoms with van der Waals surface area (Å²) in [6.45, 7) is 4.92. The van der Waals surface area contributed by atoms with Gasteiger partial charge in [-0.1, -0.05) is 359 Å². The number of aliphatic hydroxyl groups excluding tert-OH is 2. The van der Waals surface area contributed by atoms with Gasteiger partial charge in [0.25, 0.3) is 0 Å². The highest BCUT2D eigenvalue weighted by Crippen LogP contribution is 2.19. The first-order chi connectivity index (χ1) is 39.0. The lowest BCUT2D eigenvalue weighted by atomic mass is 10.0. The molecule has 79 heavy (non-hydrogen) atoms. The largest absolute Gasteiger partial charge is 0.466 e. The van der Waals surface area contributed by atoms with E-state index < -0.39 is 12.1 Å². The fourth-order valence-corrected chi connectivity index (χ4v) is 11.5. The van der Waals surface area contributed by atoms with Crippen molar-refractivity contribution in [3.8, 4) is 0 Å². The van der Waals surface area contributed by atoms with Crippen LogP contribution in [0.5, 0.6) is 0 Å². The molecule has 468 valence electrons. The van der Waals surface area contributed by atoms with Crippen LogP contribution in [0, 0.1) is 0 Å². The summed E-state index contributed by atoms with van der Waals surface area (Å²) < 4.78 is 5.48. The van der Waals surface area contributed by atoms with E-state index in [0.717, 1.165) is 44.9 Å². The molecule has 0 saturated heterocycles. The Bertz CT molecular complexity index is 1230.